The molecule has 0 bridgehead atoms. The minimum Gasteiger partial charge on any atom is -0.464 e. The van der Waals surface area contributed by atoms with E-state index in [1.165, 1.54) is 11.3 Å². The molecule has 1 heterocycles. The topological polar surface area (TPSA) is 35.5 Å². The maximum atomic E-state index is 13.8. The van der Waals surface area contributed by atoms with Crippen molar-refractivity contribution in [3.63, 3.8) is 0 Å². The molecule has 3 nitrogen and oxygen atoms in total. The molecule has 152 valence electrons. The van der Waals surface area contributed by atoms with Gasteiger partial charge in [0, 0.05) is 28.8 Å². The third-order valence-corrected chi connectivity index (χ3v) is 5.73. The average molecular weight is 421 g/mol. The number of aryl methyl sites for hydroxylation is 1. The molecule has 0 N–H and O–H groups in total. The molecule has 0 aliphatic heterocycles. The van der Waals surface area contributed by atoms with Gasteiger partial charge in [-0.15, -0.1) is 11.3 Å². The normalized spacial score (nSPS) is 18.6. The summed E-state index contributed by atoms with van der Waals surface area (Å²) in [5, 5.41) is 0. The van der Waals surface area contributed by atoms with Gasteiger partial charge in [0.1, 0.15) is 4.34 Å². The number of rotatable bonds is 5. The van der Waals surface area contributed by atoms with Crippen LogP contribution < -0.4 is 0 Å². The minimum atomic E-state index is -2.70. The molecular formula is C20H27ClF2O3S. The number of allylic oxidation sites excluding steroid dienone is 2. The number of halogens is 3. The van der Waals surface area contributed by atoms with Crippen LogP contribution in [-0.2, 0) is 14.3 Å². The number of carbonyl (C=O) groups is 1. The number of esters is 1. The van der Waals surface area contributed by atoms with Crippen LogP contribution in [0.2, 0.25) is 4.34 Å². The number of hydrogen-bond donors (Lipinski definition) is 0. The molecule has 0 saturated heterocycles. The maximum Gasteiger partial charge on any atom is 0.340 e. The molecule has 0 spiro atoms. The molecule has 1 aromatic rings. The van der Waals surface area contributed by atoms with Gasteiger partial charge in [-0.1, -0.05) is 17.2 Å². The van der Waals surface area contributed by atoms with Crippen molar-refractivity contribution in [1.29, 1.82) is 0 Å². The first-order chi connectivity index (χ1) is 12.4. The van der Waals surface area contributed by atoms with Crippen LogP contribution in [0, 0.1) is 6.92 Å². The molecule has 0 radical (unpaired) electrons. The Morgan fingerprint density at radius 3 is 2.48 bits per heavy atom. The zero-order valence-electron chi connectivity index (χ0n) is 16.7. The molecule has 0 fully saturated rings. The Bertz CT molecular complexity index is 747. The summed E-state index contributed by atoms with van der Waals surface area (Å²) in [4.78, 5) is 13.5. The largest absolute Gasteiger partial charge is 0.464 e. The second-order valence-corrected chi connectivity index (χ2v) is 9.70. The van der Waals surface area contributed by atoms with E-state index in [9.17, 15) is 13.6 Å². The van der Waals surface area contributed by atoms with E-state index >= 15 is 0 Å². The van der Waals surface area contributed by atoms with Crippen molar-refractivity contribution in [2.24, 2.45) is 0 Å². The third kappa shape index (κ3) is 5.30. The minimum absolute atomic E-state index is 0.215. The molecule has 2 rings (SSSR count). The maximum absolute atomic E-state index is 13.8. The summed E-state index contributed by atoms with van der Waals surface area (Å²) in [5.74, 6) is -3.20. The van der Waals surface area contributed by atoms with Gasteiger partial charge in [0.05, 0.1) is 12.2 Å². The molecule has 7 heteroatoms. The highest BCUT2D eigenvalue weighted by Crippen LogP contribution is 2.48. The van der Waals surface area contributed by atoms with E-state index in [2.05, 4.69) is 0 Å². The second-order valence-electron chi connectivity index (χ2n) is 7.87. The van der Waals surface area contributed by atoms with E-state index < -0.39 is 23.6 Å². The Kier molecular flexibility index (Phi) is 6.76. The Morgan fingerprint density at radius 2 is 1.96 bits per heavy atom. The summed E-state index contributed by atoms with van der Waals surface area (Å²) in [6, 6.07) is 0. The first-order valence-corrected chi connectivity index (χ1v) is 10.3. The molecule has 0 amide bonds. The summed E-state index contributed by atoms with van der Waals surface area (Å²) < 4.78 is 39.4. The molecule has 1 aliphatic carbocycles. The second kappa shape index (κ2) is 8.18. The predicted octanol–water partition coefficient (Wildman–Crippen LogP) is 6.72. The van der Waals surface area contributed by atoms with Crippen LogP contribution in [0.4, 0.5) is 8.78 Å². The first kappa shape index (κ1) is 22.3. The van der Waals surface area contributed by atoms with Gasteiger partial charge in [0.25, 0.3) is 5.92 Å². The van der Waals surface area contributed by atoms with Gasteiger partial charge in [-0.25, -0.2) is 13.6 Å². The summed E-state index contributed by atoms with van der Waals surface area (Å²) in [5.41, 5.74) is 2.09. The fourth-order valence-electron chi connectivity index (χ4n) is 3.36. The van der Waals surface area contributed by atoms with E-state index in [0.29, 0.717) is 21.0 Å². The van der Waals surface area contributed by atoms with Crippen molar-refractivity contribution in [1.82, 2.24) is 0 Å². The lowest BCUT2D eigenvalue weighted by atomic mass is 9.84. The molecule has 1 aliphatic rings. The van der Waals surface area contributed by atoms with Crippen LogP contribution in [0.5, 0.6) is 0 Å². The average Bonchev–Trinajstić information content (AvgIpc) is 2.78. The van der Waals surface area contributed by atoms with Crippen LogP contribution in [-0.4, -0.2) is 24.1 Å². The van der Waals surface area contributed by atoms with Gasteiger partial charge in [0.15, 0.2) is 6.10 Å². The molecule has 1 aromatic heterocycles. The van der Waals surface area contributed by atoms with E-state index in [0.717, 1.165) is 10.5 Å². The zero-order valence-corrected chi connectivity index (χ0v) is 18.2. The highest BCUT2D eigenvalue weighted by Gasteiger charge is 2.39. The van der Waals surface area contributed by atoms with Crippen molar-refractivity contribution in [2.75, 3.05) is 6.61 Å². The Hall–Kier alpha value is -0.980. The van der Waals surface area contributed by atoms with E-state index in [1.807, 2.05) is 27.7 Å². The van der Waals surface area contributed by atoms with E-state index in [4.69, 9.17) is 21.1 Å². The monoisotopic (exact) mass is 420 g/mol. The fraction of sp³-hybridized carbons (Fsp3) is 0.650. The molecule has 1 atom stereocenters. The highest BCUT2D eigenvalue weighted by atomic mass is 35.5. The number of hydrogen-bond acceptors (Lipinski definition) is 4. The predicted molar refractivity (Wildman–Crippen MR) is 106 cm³/mol. The first-order valence-electron chi connectivity index (χ1n) is 9.06. The Balaban J connectivity index is 2.60. The standard InChI is InChI=1S/C20H27ClF2O3S/c1-7-25-18(24)16(26-19(4,5)6)14-12(3)27-17(21)15(14)13-8-9-20(22,23)10-11(13)2/h16H,7-10H2,1-6H3. The molecule has 0 saturated carbocycles. The number of ether oxygens (including phenoxy) is 2. The van der Waals surface area contributed by atoms with Crippen LogP contribution in [0.25, 0.3) is 5.57 Å². The van der Waals surface area contributed by atoms with Crippen molar-refractivity contribution in [2.45, 2.75) is 78.4 Å². The lowest BCUT2D eigenvalue weighted by Crippen LogP contribution is -2.29. The van der Waals surface area contributed by atoms with Crippen molar-refractivity contribution < 1.29 is 23.0 Å². The summed E-state index contributed by atoms with van der Waals surface area (Å²) >= 11 is 7.84. The molecule has 0 aromatic carbocycles. The Morgan fingerprint density at radius 1 is 1.33 bits per heavy atom. The van der Waals surface area contributed by atoms with Crippen LogP contribution in [0.15, 0.2) is 5.57 Å². The van der Waals surface area contributed by atoms with Gasteiger partial charge >= 0.3 is 5.97 Å². The van der Waals surface area contributed by atoms with Crippen LogP contribution in [0.1, 0.15) is 76.0 Å². The molecule has 27 heavy (non-hydrogen) atoms. The quantitative estimate of drug-likeness (QED) is 0.496. The van der Waals surface area contributed by atoms with E-state index in [1.54, 1.807) is 13.8 Å². The summed E-state index contributed by atoms with van der Waals surface area (Å²) in [6.07, 6.45) is -1.26. The SMILES string of the molecule is CCOC(=O)C(OC(C)(C)C)c1c(C)sc(Cl)c1C1=C(C)CC(F)(F)CC1. The van der Waals surface area contributed by atoms with Gasteiger partial charge in [-0.2, -0.15) is 0 Å². The number of alkyl halides is 2. The van der Waals surface area contributed by atoms with Crippen molar-refractivity contribution in [3.8, 4) is 0 Å². The van der Waals surface area contributed by atoms with Gasteiger partial charge in [0.2, 0.25) is 0 Å². The van der Waals surface area contributed by atoms with E-state index in [-0.39, 0.29) is 25.9 Å². The molecule has 1 unspecified atom stereocenters. The van der Waals surface area contributed by atoms with Crippen molar-refractivity contribution in [3.05, 3.63) is 25.9 Å². The van der Waals surface area contributed by atoms with Crippen LogP contribution >= 0.6 is 22.9 Å². The number of thiophene rings is 1. The third-order valence-electron chi connectivity index (χ3n) is 4.40. The lowest BCUT2D eigenvalue weighted by Gasteiger charge is -2.29. The van der Waals surface area contributed by atoms with Crippen LogP contribution in [0.3, 0.4) is 0 Å². The highest BCUT2D eigenvalue weighted by molar-refractivity contribution is 7.16. The zero-order chi connectivity index (χ0) is 20.6. The summed E-state index contributed by atoms with van der Waals surface area (Å²) in [6.45, 7) is 11.1. The van der Waals surface area contributed by atoms with Crippen molar-refractivity contribution >= 4 is 34.5 Å². The Labute approximate surface area is 168 Å². The van der Waals surface area contributed by atoms with Gasteiger partial charge < -0.3 is 9.47 Å². The fourth-order valence-corrected chi connectivity index (χ4v) is 4.84. The number of carbonyl (C=O) groups excluding carboxylic acids is 1. The van der Waals surface area contributed by atoms with Gasteiger partial charge in [-0.05, 0) is 53.5 Å². The van der Waals surface area contributed by atoms with Gasteiger partial charge in [-0.3, -0.25) is 0 Å². The lowest BCUT2D eigenvalue weighted by molar-refractivity contribution is -0.166. The smallest absolute Gasteiger partial charge is 0.340 e. The summed E-state index contributed by atoms with van der Waals surface area (Å²) in [7, 11) is 0. The molecular weight excluding hydrogens is 394 g/mol.